The van der Waals surface area contributed by atoms with Gasteiger partial charge in [0, 0.05) is 13.5 Å². The van der Waals surface area contributed by atoms with Gasteiger partial charge in [0.15, 0.2) is 0 Å². The zero-order valence-electron chi connectivity index (χ0n) is 6.36. The van der Waals surface area contributed by atoms with E-state index in [-0.39, 0.29) is 12.5 Å². The molecule has 1 unspecified atom stereocenters. The number of carbonyl (C=O) groups excluding carboxylic acids is 1. The van der Waals surface area contributed by atoms with Crippen molar-refractivity contribution in [2.75, 3.05) is 6.54 Å². The standard InChI is InChI=1S/C5H11NO4S/c1-4(11(8,9)10)3-6-5(2)7/h4H,3H2,1-2H3,(H,6,7)(H,8,9,10). The molecule has 11 heavy (non-hydrogen) atoms. The van der Waals surface area contributed by atoms with E-state index in [0.29, 0.717) is 0 Å². The molecule has 66 valence electrons. The van der Waals surface area contributed by atoms with Crippen LogP contribution in [0.5, 0.6) is 0 Å². The fourth-order valence-electron chi connectivity index (χ4n) is 0.393. The summed E-state index contributed by atoms with van der Waals surface area (Å²) in [5.74, 6) is -0.319. The van der Waals surface area contributed by atoms with Crippen molar-refractivity contribution >= 4 is 16.0 Å². The molecule has 0 saturated carbocycles. The van der Waals surface area contributed by atoms with E-state index < -0.39 is 15.4 Å². The van der Waals surface area contributed by atoms with Gasteiger partial charge < -0.3 is 5.32 Å². The van der Waals surface area contributed by atoms with Crippen LogP contribution in [-0.2, 0) is 14.9 Å². The van der Waals surface area contributed by atoms with Gasteiger partial charge in [-0.05, 0) is 6.92 Å². The lowest BCUT2D eigenvalue weighted by Gasteiger charge is -2.07. The summed E-state index contributed by atoms with van der Waals surface area (Å²) in [6.07, 6.45) is 0. The highest BCUT2D eigenvalue weighted by Gasteiger charge is 2.16. The molecule has 0 bridgehead atoms. The molecule has 0 radical (unpaired) electrons. The van der Waals surface area contributed by atoms with Crippen LogP contribution in [0.3, 0.4) is 0 Å². The summed E-state index contributed by atoms with van der Waals surface area (Å²) >= 11 is 0. The Kier molecular flexibility index (Phi) is 3.47. The molecule has 0 fully saturated rings. The van der Waals surface area contributed by atoms with Crippen molar-refractivity contribution in [1.82, 2.24) is 5.32 Å². The van der Waals surface area contributed by atoms with Crippen LogP contribution >= 0.6 is 0 Å². The van der Waals surface area contributed by atoms with E-state index in [1.165, 1.54) is 13.8 Å². The Morgan fingerprint density at radius 3 is 2.36 bits per heavy atom. The number of amides is 1. The van der Waals surface area contributed by atoms with E-state index in [1.54, 1.807) is 0 Å². The summed E-state index contributed by atoms with van der Waals surface area (Å²) in [6.45, 7) is 2.52. The Bertz CT molecular complexity index is 233. The molecule has 1 atom stereocenters. The number of hydrogen-bond acceptors (Lipinski definition) is 3. The summed E-state index contributed by atoms with van der Waals surface area (Å²) in [7, 11) is -4.01. The molecular weight excluding hydrogens is 170 g/mol. The molecule has 2 N–H and O–H groups in total. The summed E-state index contributed by atoms with van der Waals surface area (Å²) in [6, 6.07) is 0. The molecular formula is C5H11NO4S. The second-order valence-electron chi connectivity index (χ2n) is 2.26. The smallest absolute Gasteiger partial charge is 0.269 e. The lowest BCUT2D eigenvalue weighted by molar-refractivity contribution is -0.118. The van der Waals surface area contributed by atoms with Gasteiger partial charge in [-0.3, -0.25) is 9.35 Å². The van der Waals surface area contributed by atoms with Gasteiger partial charge in [0.2, 0.25) is 5.91 Å². The average Bonchev–Trinajstić information content (AvgIpc) is 1.80. The van der Waals surface area contributed by atoms with Gasteiger partial charge in [0.05, 0.1) is 0 Å². The SMILES string of the molecule is CC(=O)NCC(C)S(=O)(=O)O. The van der Waals surface area contributed by atoms with Crippen LogP contribution in [0.25, 0.3) is 0 Å². The van der Waals surface area contributed by atoms with Crippen LogP contribution in [-0.4, -0.2) is 30.7 Å². The lowest BCUT2D eigenvalue weighted by atomic mass is 10.4. The largest absolute Gasteiger partial charge is 0.355 e. The second kappa shape index (κ2) is 3.68. The zero-order valence-corrected chi connectivity index (χ0v) is 7.18. The van der Waals surface area contributed by atoms with Gasteiger partial charge in [-0.15, -0.1) is 0 Å². The molecule has 0 aromatic heterocycles. The second-order valence-corrected chi connectivity index (χ2v) is 4.10. The van der Waals surface area contributed by atoms with Crippen molar-refractivity contribution in [1.29, 1.82) is 0 Å². The van der Waals surface area contributed by atoms with Gasteiger partial charge in [0.25, 0.3) is 10.1 Å². The van der Waals surface area contributed by atoms with E-state index in [1.807, 2.05) is 0 Å². The predicted octanol–water partition coefficient (Wildman–Crippen LogP) is -0.601. The maximum atomic E-state index is 10.3. The summed E-state index contributed by atoms with van der Waals surface area (Å²) in [5, 5.41) is 1.32. The molecule has 0 aromatic carbocycles. The van der Waals surface area contributed by atoms with Crippen LogP contribution < -0.4 is 5.32 Å². The van der Waals surface area contributed by atoms with Crippen LogP contribution in [0.15, 0.2) is 0 Å². The molecule has 0 saturated heterocycles. The van der Waals surface area contributed by atoms with Crippen LogP contribution in [0.4, 0.5) is 0 Å². The zero-order chi connectivity index (χ0) is 9.07. The molecule has 0 spiro atoms. The number of nitrogens with one attached hydrogen (secondary N) is 1. The topological polar surface area (TPSA) is 83.5 Å². The van der Waals surface area contributed by atoms with Crippen molar-refractivity contribution in [3.8, 4) is 0 Å². The molecule has 6 heteroatoms. The summed E-state index contributed by atoms with van der Waals surface area (Å²) < 4.78 is 29.1. The first-order valence-electron chi connectivity index (χ1n) is 3.04. The van der Waals surface area contributed by atoms with Gasteiger partial charge in [0.1, 0.15) is 5.25 Å². The third-order valence-electron chi connectivity index (χ3n) is 1.15. The molecule has 0 aliphatic carbocycles. The van der Waals surface area contributed by atoms with Gasteiger partial charge in [-0.2, -0.15) is 8.42 Å². The van der Waals surface area contributed by atoms with Crippen molar-refractivity contribution in [3.63, 3.8) is 0 Å². The first-order valence-corrected chi connectivity index (χ1v) is 4.55. The summed E-state index contributed by atoms with van der Waals surface area (Å²) in [5.41, 5.74) is 0. The normalized spacial score (nSPS) is 14.1. The summed E-state index contributed by atoms with van der Waals surface area (Å²) in [4.78, 5) is 10.3. The highest BCUT2D eigenvalue weighted by Crippen LogP contribution is 1.94. The average molecular weight is 181 g/mol. The Balaban J connectivity index is 3.90. The van der Waals surface area contributed by atoms with Crippen molar-refractivity contribution < 1.29 is 17.8 Å². The predicted molar refractivity (Wildman–Crippen MR) is 39.7 cm³/mol. The lowest BCUT2D eigenvalue weighted by Crippen LogP contribution is -2.33. The maximum absolute atomic E-state index is 10.3. The number of carbonyl (C=O) groups is 1. The first-order chi connectivity index (χ1) is 4.84. The first kappa shape index (κ1) is 10.4. The number of rotatable bonds is 3. The van der Waals surface area contributed by atoms with Crippen molar-refractivity contribution in [2.45, 2.75) is 19.1 Å². The van der Waals surface area contributed by atoms with E-state index in [9.17, 15) is 13.2 Å². The monoisotopic (exact) mass is 181 g/mol. The fourth-order valence-corrected chi connectivity index (χ4v) is 0.687. The highest BCUT2D eigenvalue weighted by atomic mass is 32.2. The third kappa shape index (κ3) is 4.74. The van der Waals surface area contributed by atoms with Crippen molar-refractivity contribution in [3.05, 3.63) is 0 Å². The molecule has 0 aliphatic heterocycles. The van der Waals surface area contributed by atoms with E-state index in [4.69, 9.17) is 4.55 Å². The Hall–Kier alpha value is -0.620. The fraction of sp³-hybridized carbons (Fsp3) is 0.800. The quantitative estimate of drug-likeness (QED) is 0.569. The molecule has 0 aromatic rings. The van der Waals surface area contributed by atoms with Gasteiger partial charge in [-0.1, -0.05) is 0 Å². The van der Waals surface area contributed by atoms with Gasteiger partial charge in [-0.25, -0.2) is 0 Å². The minimum atomic E-state index is -4.01. The molecule has 5 nitrogen and oxygen atoms in total. The maximum Gasteiger partial charge on any atom is 0.269 e. The minimum Gasteiger partial charge on any atom is -0.355 e. The van der Waals surface area contributed by atoms with Crippen LogP contribution in [0.2, 0.25) is 0 Å². The van der Waals surface area contributed by atoms with E-state index in [2.05, 4.69) is 5.32 Å². The van der Waals surface area contributed by atoms with E-state index >= 15 is 0 Å². The minimum absolute atomic E-state index is 0.0613. The van der Waals surface area contributed by atoms with Crippen LogP contribution in [0, 0.1) is 0 Å². The Morgan fingerprint density at radius 1 is 1.64 bits per heavy atom. The van der Waals surface area contributed by atoms with E-state index in [0.717, 1.165) is 0 Å². The Morgan fingerprint density at radius 2 is 2.09 bits per heavy atom. The molecule has 0 rings (SSSR count). The molecule has 1 amide bonds. The van der Waals surface area contributed by atoms with Gasteiger partial charge >= 0.3 is 0 Å². The molecule has 0 aliphatic rings. The van der Waals surface area contributed by atoms with Crippen LogP contribution in [0.1, 0.15) is 13.8 Å². The molecule has 0 heterocycles. The number of hydrogen-bond donors (Lipinski definition) is 2. The Labute approximate surface area is 65.5 Å². The highest BCUT2D eigenvalue weighted by molar-refractivity contribution is 7.86. The third-order valence-corrected chi connectivity index (χ3v) is 2.33. The van der Waals surface area contributed by atoms with Crippen molar-refractivity contribution in [2.24, 2.45) is 0 Å².